The summed E-state index contributed by atoms with van der Waals surface area (Å²) in [4.78, 5) is 38.1. The van der Waals surface area contributed by atoms with Crippen molar-refractivity contribution in [1.82, 2.24) is 4.90 Å². The van der Waals surface area contributed by atoms with Gasteiger partial charge in [0, 0.05) is 18.7 Å². The Hall–Kier alpha value is -3.35. The molecule has 1 heterocycles. The molecule has 2 amide bonds. The third kappa shape index (κ3) is 4.74. The number of amides is 2. The molecular formula is C22H24N2O5. The third-order valence-corrected chi connectivity index (χ3v) is 4.86. The van der Waals surface area contributed by atoms with E-state index in [0.717, 1.165) is 25.9 Å². The van der Waals surface area contributed by atoms with E-state index < -0.39 is 12.6 Å². The highest BCUT2D eigenvalue weighted by atomic mass is 16.5. The van der Waals surface area contributed by atoms with Crippen LogP contribution in [0.2, 0.25) is 0 Å². The average Bonchev–Trinajstić information content (AvgIpc) is 3.21. The zero-order valence-corrected chi connectivity index (χ0v) is 16.5. The molecular weight excluding hydrogens is 372 g/mol. The summed E-state index contributed by atoms with van der Waals surface area (Å²) < 4.78 is 5.31. The Bertz CT molecular complexity index is 925. The van der Waals surface area contributed by atoms with E-state index in [9.17, 15) is 14.4 Å². The van der Waals surface area contributed by atoms with Crippen LogP contribution < -0.4 is 10.1 Å². The van der Waals surface area contributed by atoms with Gasteiger partial charge in [0.05, 0.1) is 11.3 Å². The number of aryl methyl sites for hydroxylation is 2. The Labute approximate surface area is 169 Å². The van der Waals surface area contributed by atoms with Crippen LogP contribution in [0.3, 0.4) is 0 Å². The summed E-state index contributed by atoms with van der Waals surface area (Å²) in [6.45, 7) is 4.53. The molecule has 0 atom stereocenters. The highest BCUT2D eigenvalue weighted by Crippen LogP contribution is 2.26. The zero-order chi connectivity index (χ0) is 21.0. The predicted octanol–water partition coefficient (Wildman–Crippen LogP) is 3.26. The molecule has 2 aromatic rings. The van der Waals surface area contributed by atoms with Crippen molar-refractivity contribution < 1.29 is 24.2 Å². The molecule has 1 saturated heterocycles. The van der Waals surface area contributed by atoms with Gasteiger partial charge in [0.2, 0.25) is 0 Å². The number of hydrogen-bond donors (Lipinski definition) is 2. The number of anilines is 1. The molecule has 0 bridgehead atoms. The molecule has 152 valence electrons. The van der Waals surface area contributed by atoms with Gasteiger partial charge < -0.3 is 20.1 Å². The Morgan fingerprint density at radius 2 is 1.69 bits per heavy atom. The molecule has 0 radical (unpaired) electrons. The maximum Gasteiger partial charge on any atom is 0.341 e. The first-order valence-electron chi connectivity index (χ1n) is 9.52. The van der Waals surface area contributed by atoms with Gasteiger partial charge in [0.25, 0.3) is 11.8 Å². The van der Waals surface area contributed by atoms with Crippen LogP contribution in [0.1, 0.15) is 44.7 Å². The highest BCUT2D eigenvalue weighted by Gasteiger charge is 2.22. The number of carboxylic acid groups (broad SMARTS) is 1. The molecule has 7 nitrogen and oxygen atoms in total. The van der Waals surface area contributed by atoms with Crippen molar-refractivity contribution in [3.05, 3.63) is 58.7 Å². The maximum atomic E-state index is 12.8. The Morgan fingerprint density at radius 3 is 2.31 bits per heavy atom. The Morgan fingerprint density at radius 1 is 1.07 bits per heavy atom. The van der Waals surface area contributed by atoms with Gasteiger partial charge >= 0.3 is 5.97 Å². The molecule has 7 heteroatoms. The molecule has 29 heavy (non-hydrogen) atoms. The molecule has 1 fully saturated rings. The topological polar surface area (TPSA) is 95.9 Å². The number of para-hydroxylation sites is 1. The zero-order valence-electron chi connectivity index (χ0n) is 16.5. The fourth-order valence-corrected chi connectivity index (χ4v) is 3.51. The lowest BCUT2D eigenvalue weighted by Crippen LogP contribution is -2.28. The molecule has 2 N–H and O–H groups in total. The number of nitrogens with zero attached hydrogens (tertiary/aromatic N) is 1. The van der Waals surface area contributed by atoms with Crippen LogP contribution in [0, 0.1) is 13.8 Å². The molecule has 0 saturated carbocycles. The van der Waals surface area contributed by atoms with E-state index in [-0.39, 0.29) is 11.8 Å². The quantitative estimate of drug-likeness (QED) is 0.781. The van der Waals surface area contributed by atoms with Crippen LogP contribution in [0.5, 0.6) is 5.75 Å². The standard InChI is InChI=1S/C22H24N2O5/c1-14-11-16(12-15(2)20(14)29-13-19(25)26)21(27)23-18-8-4-3-7-17(18)22(28)24-9-5-6-10-24/h3-4,7-8,11-12H,5-6,9-10,13H2,1-2H3,(H,23,27)(H,25,26). The number of carbonyl (C=O) groups is 3. The molecule has 0 unspecified atom stereocenters. The second-order valence-electron chi connectivity index (χ2n) is 7.12. The van der Waals surface area contributed by atoms with E-state index in [1.165, 1.54) is 0 Å². The van der Waals surface area contributed by atoms with Crippen molar-refractivity contribution in [2.45, 2.75) is 26.7 Å². The summed E-state index contributed by atoms with van der Waals surface area (Å²) in [6, 6.07) is 10.3. The fraction of sp³-hybridized carbons (Fsp3) is 0.318. The molecule has 1 aliphatic heterocycles. The minimum absolute atomic E-state index is 0.0804. The second kappa shape index (κ2) is 8.77. The van der Waals surface area contributed by atoms with Crippen molar-refractivity contribution in [3.63, 3.8) is 0 Å². The van der Waals surface area contributed by atoms with Crippen molar-refractivity contribution in [3.8, 4) is 5.75 Å². The fourth-order valence-electron chi connectivity index (χ4n) is 3.51. The number of rotatable bonds is 6. The normalized spacial score (nSPS) is 13.2. The summed E-state index contributed by atoms with van der Waals surface area (Å²) in [5, 5.41) is 11.6. The first-order chi connectivity index (χ1) is 13.9. The lowest BCUT2D eigenvalue weighted by atomic mass is 10.0. The van der Waals surface area contributed by atoms with Gasteiger partial charge in [-0.3, -0.25) is 9.59 Å². The molecule has 2 aromatic carbocycles. The maximum absolute atomic E-state index is 12.8. The summed E-state index contributed by atoms with van der Waals surface area (Å²) in [7, 11) is 0. The lowest BCUT2D eigenvalue weighted by Gasteiger charge is -2.18. The van der Waals surface area contributed by atoms with E-state index in [1.807, 2.05) is 0 Å². The number of carbonyl (C=O) groups excluding carboxylic acids is 2. The van der Waals surface area contributed by atoms with E-state index in [2.05, 4.69) is 5.32 Å². The van der Waals surface area contributed by atoms with Gasteiger partial charge in [-0.2, -0.15) is 0 Å². The molecule has 0 aromatic heterocycles. The van der Waals surface area contributed by atoms with Gasteiger partial charge in [-0.25, -0.2) is 4.79 Å². The summed E-state index contributed by atoms with van der Waals surface area (Å²) in [6.07, 6.45) is 1.99. The van der Waals surface area contributed by atoms with E-state index in [4.69, 9.17) is 9.84 Å². The molecule has 0 aliphatic carbocycles. The predicted molar refractivity (Wildman–Crippen MR) is 109 cm³/mol. The highest BCUT2D eigenvalue weighted by molar-refractivity contribution is 6.09. The van der Waals surface area contributed by atoms with E-state index in [1.54, 1.807) is 55.1 Å². The van der Waals surface area contributed by atoms with Gasteiger partial charge in [0.15, 0.2) is 6.61 Å². The minimum atomic E-state index is -1.06. The second-order valence-corrected chi connectivity index (χ2v) is 7.12. The number of hydrogen-bond acceptors (Lipinski definition) is 4. The molecule has 1 aliphatic rings. The number of likely N-dealkylation sites (tertiary alicyclic amines) is 1. The van der Waals surface area contributed by atoms with Crippen LogP contribution in [0.4, 0.5) is 5.69 Å². The molecule has 0 spiro atoms. The van der Waals surface area contributed by atoms with Crippen molar-refractivity contribution in [1.29, 1.82) is 0 Å². The Balaban J connectivity index is 1.80. The number of carboxylic acids is 1. The smallest absolute Gasteiger partial charge is 0.341 e. The van der Waals surface area contributed by atoms with Crippen LogP contribution in [0.25, 0.3) is 0 Å². The van der Waals surface area contributed by atoms with E-state index in [0.29, 0.717) is 33.7 Å². The molecule has 3 rings (SSSR count). The SMILES string of the molecule is Cc1cc(C(=O)Nc2ccccc2C(=O)N2CCCC2)cc(C)c1OCC(=O)O. The van der Waals surface area contributed by atoms with Crippen LogP contribution >= 0.6 is 0 Å². The van der Waals surface area contributed by atoms with Crippen molar-refractivity contribution in [2.24, 2.45) is 0 Å². The summed E-state index contributed by atoms with van der Waals surface area (Å²) >= 11 is 0. The first-order valence-corrected chi connectivity index (χ1v) is 9.52. The van der Waals surface area contributed by atoms with Gasteiger partial charge in [-0.05, 0) is 62.1 Å². The van der Waals surface area contributed by atoms with Crippen LogP contribution in [0.15, 0.2) is 36.4 Å². The number of aliphatic carboxylic acids is 1. The Kier molecular flexibility index (Phi) is 6.16. The van der Waals surface area contributed by atoms with Crippen molar-refractivity contribution >= 4 is 23.5 Å². The number of benzene rings is 2. The summed E-state index contributed by atoms with van der Waals surface area (Å²) in [5.74, 6) is -1.04. The average molecular weight is 396 g/mol. The monoisotopic (exact) mass is 396 g/mol. The summed E-state index contributed by atoms with van der Waals surface area (Å²) in [5.41, 5.74) is 2.68. The van der Waals surface area contributed by atoms with Gasteiger partial charge in [0.1, 0.15) is 5.75 Å². The third-order valence-electron chi connectivity index (χ3n) is 4.86. The largest absolute Gasteiger partial charge is 0.481 e. The number of nitrogens with one attached hydrogen (secondary N) is 1. The first kappa shape index (κ1) is 20.4. The van der Waals surface area contributed by atoms with Gasteiger partial charge in [-0.1, -0.05) is 12.1 Å². The minimum Gasteiger partial charge on any atom is -0.481 e. The van der Waals surface area contributed by atoms with Crippen LogP contribution in [-0.4, -0.2) is 47.5 Å². The van der Waals surface area contributed by atoms with Crippen LogP contribution in [-0.2, 0) is 4.79 Å². The van der Waals surface area contributed by atoms with E-state index >= 15 is 0 Å². The van der Waals surface area contributed by atoms with Crippen molar-refractivity contribution in [2.75, 3.05) is 25.0 Å². The lowest BCUT2D eigenvalue weighted by molar-refractivity contribution is -0.139. The van der Waals surface area contributed by atoms with Gasteiger partial charge in [-0.15, -0.1) is 0 Å². The number of ether oxygens (including phenoxy) is 1.